The van der Waals surface area contributed by atoms with Crippen LogP contribution in [0.4, 0.5) is 5.69 Å². The molecule has 0 bridgehead atoms. The minimum absolute atomic E-state index is 0.143. The summed E-state index contributed by atoms with van der Waals surface area (Å²) in [6, 6.07) is 1.85. The number of ether oxygens (including phenoxy) is 1. The van der Waals surface area contributed by atoms with E-state index >= 15 is 0 Å². The Hall–Kier alpha value is -1.71. The van der Waals surface area contributed by atoms with Crippen LogP contribution in [0.5, 0.6) is 0 Å². The number of carbonyl (C=O) groups is 2. The largest absolute Gasteiger partial charge is 0.379 e. The Morgan fingerprint density at radius 3 is 2.48 bits per heavy atom. The first-order valence-electron chi connectivity index (χ1n) is 8.33. The van der Waals surface area contributed by atoms with Crippen LogP contribution in [-0.2, 0) is 9.53 Å². The Labute approximate surface area is 155 Å². The Morgan fingerprint density at radius 2 is 1.84 bits per heavy atom. The molecule has 0 radical (unpaired) electrons. The minimum atomic E-state index is -0.548. The van der Waals surface area contributed by atoms with Gasteiger partial charge in [0, 0.05) is 49.9 Å². The molecule has 9 heteroatoms. The average Bonchev–Trinajstić information content (AvgIpc) is 2.62. The number of aromatic nitrogens is 1. The van der Waals surface area contributed by atoms with Crippen molar-refractivity contribution >= 4 is 33.4 Å². The summed E-state index contributed by atoms with van der Waals surface area (Å²) in [6.07, 6.45) is 1.56. The van der Waals surface area contributed by atoms with E-state index < -0.39 is 5.91 Å². The van der Waals surface area contributed by atoms with E-state index in [2.05, 4.69) is 30.7 Å². The summed E-state index contributed by atoms with van der Waals surface area (Å²) in [6.45, 7) is 5.95. The molecule has 25 heavy (non-hydrogen) atoms. The van der Waals surface area contributed by atoms with Crippen molar-refractivity contribution in [2.75, 3.05) is 63.9 Å². The summed E-state index contributed by atoms with van der Waals surface area (Å²) in [7, 11) is 0. The molecule has 3 heterocycles. The van der Waals surface area contributed by atoms with Crippen LogP contribution in [0.1, 0.15) is 10.5 Å². The first kappa shape index (κ1) is 18.1. The monoisotopic (exact) mass is 411 g/mol. The Balaban J connectivity index is 1.59. The van der Waals surface area contributed by atoms with Gasteiger partial charge in [0.2, 0.25) is 5.91 Å². The number of hydrogen-bond acceptors (Lipinski definition) is 6. The minimum Gasteiger partial charge on any atom is -0.379 e. The van der Waals surface area contributed by atoms with Gasteiger partial charge in [-0.3, -0.25) is 14.5 Å². The highest BCUT2D eigenvalue weighted by Crippen LogP contribution is 2.24. The molecule has 2 amide bonds. The van der Waals surface area contributed by atoms with Crippen molar-refractivity contribution in [1.82, 2.24) is 14.8 Å². The fourth-order valence-electron chi connectivity index (χ4n) is 3.11. The fraction of sp³-hybridized carbons (Fsp3) is 0.562. The van der Waals surface area contributed by atoms with E-state index in [1.54, 1.807) is 6.20 Å². The number of pyridine rings is 1. The highest BCUT2D eigenvalue weighted by Gasteiger charge is 2.25. The number of morpholine rings is 1. The summed E-state index contributed by atoms with van der Waals surface area (Å²) >= 11 is 3.38. The number of rotatable bonds is 4. The van der Waals surface area contributed by atoms with E-state index in [1.807, 2.05) is 11.0 Å². The summed E-state index contributed by atoms with van der Waals surface area (Å²) in [5, 5.41) is 0. The van der Waals surface area contributed by atoms with Gasteiger partial charge >= 0.3 is 0 Å². The number of amides is 2. The van der Waals surface area contributed by atoms with Crippen molar-refractivity contribution in [3.05, 3.63) is 22.4 Å². The zero-order chi connectivity index (χ0) is 17.8. The first-order valence-corrected chi connectivity index (χ1v) is 9.12. The second-order valence-corrected chi connectivity index (χ2v) is 7.06. The lowest BCUT2D eigenvalue weighted by Crippen LogP contribution is -2.52. The van der Waals surface area contributed by atoms with Gasteiger partial charge in [-0.25, -0.2) is 4.98 Å². The predicted octanol–water partition coefficient (Wildman–Crippen LogP) is -0.0762. The van der Waals surface area contributed by atoms with E-state index in [0.29, 0.717) is 51.6 Å². The predicted molar refractivity (Wildman–Crippen MR) is 96.5 cm³/mol. The molecule has 2 fully saturated rings. The molecule has 2 aliphatic heterocycles. The Morgan fingerprint density at radius 1 is 1.16 bits per heavy atom. The van der Waals surface area contributed by atoms with Crippen molar-refractivity contribution < 1.29 is 14.3 Å². The number of nitrogens with zero attached hydrogens (tertiary/aromatic N) is 4. The topological polar surface area (TPSA) is 92.0 Å². The van der Waals surface area contributed by atoms with Gasteiger partial charge in [-0.2, -0.15) is 0 Å². The highest BCUT2D eigenvalue weighted by molar-refractivity contribution is 9.10. The number of halogens is 1. The lowest BCUT2D eigenvalue weighted by Gasteiger charge is -2.37. The SMILES string of the molecule is NC(=O)c1ncc(Br)cc1N1CCN(C(=O)CN2CCOCC2)CC1. The van der Waals surface area contributed by atoms with E-state index in [0.717, 1.165) is 17.6 Å². The number of primary amides is 1. The average molecular weight is 412 g/mol. The number of nitrogens with two attached hydrogens (primary N) is 1. The molecule has 0 saturated carbocycles. The van der Waals surface area contributed by atoms with Crippen LogP contribution in [0, 0.1) is 0 Å². The van der Waals surface area contributed by atoms with Crippen LogP contribution in [0.3, 0.4) is 0 Å². The molecule has 1 aromatic heterocycles. The maximum Gasteiger partial charge on any atom is 0.269 e. The number of anilines is 1. The van der Waals surface area contributed by atoms with E-state index in [4.69, 9.17) is 10.5 Å². The summed E-state index contributed by atoms with van der Waals surface area (Å²) in [4.78, 5) is 34.3. The van der Waals surface area contributed by atoms with Gasteiger partial charge in [0.25, 0.3) is 5.91 Å². The van der Waals surface area contributed by atoms with Gasteiger partial charge < -0.3 is 20.3 Å². The fourth-order valence-corrected chi connectivity index (χ4v) is 3.43. The molecule has 0 aliphatic carbocycles. The molecule has 3 rings (SSSR count). The van der Waals surface area contributed by atoms with Crippen molar-refractivity contribution in [3.8, 4) is 0 Å². The molecule has 2 aliphatic rings. The molecule has 136 valence electrons. The van der Waals surface area contributed by atoms with Gasteiger partial charge in [-0.1, -0.05) is 0 Å². The van der Waals surface area contributed by atoms with Gasteiger partial charge in [-0.05, 0) is 22.0 Å². The zero-order valence-electron chi connectivity index (χ0n) is 14.0. The second kappa shape index (κ2) is 8.11. The quantitative estimate of drug-likeness (QED) is 0.744. The lowest BCUT2D eigenvalue weighted by molar-refractivity contribution is -0.133. The van der Waals surface area contributed by atoms with E-state index in [1.165, 1.54) is 0 Å². The lowest BCUT2D eigenvalue weighted by atomic mass is 10.2. The van der Waals surface area contributed by atoms with Gasteiger partial charge in [-0.15, -0.1) is 0 Å². The van der Waals surface area contributed by atoms with Crippen molar-refractivity contribution in [2.45, 2.75) is 0 Å². The number of hydrogen-bond donors (Lipinski definition) is 1. The molecule has 0 unspecified atom stereocenters. The maximum absolute atomic E-state index is 12.5. The summed E-state index contributed by atoms with van der Waals surface area (Å²) < 4.78 is 6.10. The molecule has 1 aromatic rings. The van der Waals surface area contributed by atoms with Crippen molar-refractivity contribution in [1.29, 1.82) is 0 Å². The Kier molecular flexibility index (Phi) is 5.87. The van der Waals surface area contributed by atoms with Gasteiger partial charge in [0.1, 0.15) is 0 Å². The third kappa shape index (κ3) is 4.47. The normalized spacial score (nSPS) is 19.1. The van der Waals surface area contributed by atoms with Crippen LogP contribution in [-0.4, -0.2) is 85.6 Å². The van der Waals surface area contributed by atoms with E-state index in [-0.39, 0.29) is 11.6 Å². The molecule has 2 saturated heterocycles. The third-order valence-electron chi connectivity index (χ3n) is 4.50. The number of carbonyl (C=O) groups excluding carboxylic acids is 2. The summed E-state index contributed by atoms with van der Waals surface area (Å²) in [5.74, 6) is -0.405. The van der Waals surface area contributed by atoms with Crippen LogP contribution in [0.15, 0.2) is 16.7 Å². The van der Waals surface area contributed by atoms with E-state index in [9.17, 15) is 9.59 Å². The molecule has 8 nitrogen and oxygen atoms in total. The van der Waals surface area contributed by atoms with Crippen LogP contribution in [0.2, 0.25) is 0 Å². The zero-order valence-corrected chi connectivity index (χ0v) is 15.6. The van der Waals surface area contributed by atoms with Crippen molar-refractivity contribution in [2.24, 2.45) is 5.73 Å². The number of piperazine rings is 1. The van der Waals surface area contributed by atoms with Gasteiger partial charge in [0.05, 0.1) is 25.4 Å². The van der Waals surface area contributed by atoms with Crippen molar-refractivity contribution in [3.63, 3.8) is 0 Å². The van der Waals surface area contributed by atoms with Crippen LogP contribution < -0.4 is 10.6 Å². The molecule has 2 N–H and O–H groups in total. The molecule has 0 spiro atoms. The molecule has 0 aromatic carbocycles. The summed E-state index contributed by atoms with van der Waals surface area (Å²) in [5.41, 5.74) is 6.40. The van der Waals surface area contributed by atoms with Crippen LogP contribution >= 0.6 is 15.9 Å². The Bertz CT molecular complexity index is 643. The highest BCUT2D eigenvalue weighted by atomic mass is 79.9. The first-order chi connectivity index (χ1) is 12.0. The molecular weight excluding hydrogens is 390 g/mol. The maximum atomic E-state index is 12.5. The molecular formula is C16H22BrN5O3. The van der Waals surface area contributed by atoms with Crippen LogP contribution in [0.25, 0.3) is 0 Å². The smallest absolute Gasteiger partial charge is 0.269 e. The molecule has 0 atom stereocenters. The standard InChI is InChI=1S/C16H22BrN5O3/c17-12-9-13(15(16(18)24)19-10-12)21-1-3-22(4-2-21)14(23)11-20-5-7-25-8-6-20/h9-10H,1-8,11H2,(H2,18,24). The third-order valence-corrected chi connectivity index (χ3v) is 4.94. The second-order valence-electron chi connectivity index (χ2n) is 6.14. The van der Waals surface area contributed by atoms with Gasteiger partial charge in [0.15, 0.2) is 5.69 Å².